The summed E-state index contributed by atoms with van der Waals surface area (Å²) in [5.74, 6) is -0.894. The number of rotatable bonds is 4. The monoisotopic (exact) mass is 273 g/mol. The molecule has 2 rings (SSSR count). The van der Waals surface area contributed by atoms with Crippen LogP contribution in [-0.2, 0) is 17.6 Å². The molecule has 5 nitrogen and oxygen atoms in total. The van der Waals surface area contributed by atoms with E-state index in [0.29, 0.717) is 11.4 Å². The molecular weight excluding hydrogens is 254 g/mol. The molecule has 0 fully saturated rings. The Morgan fingerprint density at radius 1 is 1.45 bits per heavy atom. The quantitative estimate of drug-likeness (QED) is 0.879. The Morgan fingerprint density at radius 3 is 2.80 bits per heavy atom. The van der Waals surface area contributed by atoms with Crippen LogP contribution in [0.3, 0.4) is 0 Å². The molecule has 106 valence electrons. The first kappa shape index (κ1) is 14.3. The first-order valence-electron chi connectivity index (χ1n) is 6.95. The van der Waals surface area contributed by atoms with Crippen molar-refractivity contribution in [3.63, 3.8) is 0 Å². The summed E-state index contributed by atoms with van der Waals surface area (Å²) in [6.07, 6.45) is 4.15. The predicted octanol–water partition coefficient (Wildman–Crippen LogP) is 2.35. The minimum Gasteiger partial charge on any atom is -0.481 e. The lowest BCUT2D eigenvalue weighted by Crippen LogP contribution is -2.30. The molecule has 0 amide bonds. The topological polar surface area (TPSA) is 86.0 Å². The van der Waals surface area contributed by atoms with Gasteiger partial charge in [0, 0.05) is 11.7 Å². The maximum atomic E-state index is 11.0. The van der Waals surface area contributed by atoms with Crippen molar-refractivity contribution in [1.29, 1.82) is 5.26 Å². The number of aliphatic carboxylic acids is 1. The number of hydrogen-bond donors (Lipinski definition) is 2. The van der Waals surface area contributed by atoms with Crippen molar-refractivity contribution in [3.05, 3.63) is 22.9 Å². The highest BCUT2D eigenvalue weighted by atomic mass is 16.4. The molecule has 1 aromatic heterocycles. The van der Waals surface area contributed by atoms with Gasteiger partial charge in [-0.2, -0.15) is 5.26 Å². The molecule has 1 aliphatic rings. The second-order valence-electron chi connectivity index (χ2n) is 5.37. The SMILES string of the molecule is CC(Nc1nc2c(cc1C#N)CCCC2)C(C)C(=O)O. The van der Waals surface area contributed by atoms with Gasteiger partial charge in [-0.1, -0.05) is 0 Å². The average Bonchev–Trinajstić information content (AvgIpc) is 2.45. The lowest BCUT2D eigenvalue weighted by atomic mass is 9.94. The van der Waals surface area contributed by atoms with Crippen molar-refractivity contribution in [2.45, 2.75) is 45.6 Å². The Labute approximate surface area is 118 Å². The van der Waals surface area contributed by atoms with Gasteiger partial charge < -0.3 is 10.4 Å². The summed E-state index contributed by atoms with van der Waals surface area (Å²) in [5.41, 5.74) is 2.68. The molecule has 0 aromatic carbocycles. The zero-order valence-electron chi connectivity index (χ0n) is 11.8. The van der Waals surface area contributed by atoms with Crippen LogP contribution in [0, 0.1) is 17.2 Å². The highest BCUT2D eigenvalue weighted by molar-refractivity contribution is 5.71. The Morgan fingerprint density at radius 2 is 2.15 bits per heavy atom. The van der Waals surface area contributed by atoms with Crippen molar-refractivity contribution in [2.75, 3.05) is 5.32 Å². The van der Waals surface area contributed by atoms with Gasteiger partial charge in [0.1, 0.15) is 11.9 Å². The number of anilines is 1. The molecule has 2 atom stereocenters. The average molecular weight is 273 g/mol. The van der Waals surface area contributed by atoms with Crippen molar-refractivity contribution < 1.29 is 9.90 Å². The summed E-state index contributed by atoms with van der Waals surface area (Å²) in [6.45, 7) is 3.44. The van der Waals surface area contributed by atoms with Gasteiger partial charge in [-0.05, 0) is 51.2 Å². The van der Waals surface area contributed by atoms with E-state index < -0.39 is 11.9 Å². The number of nitrogens with zero attached hydrogens (tertiary/aromatic N) is 2. The number of pyridine rings is 1. The summed E-state index contributed by atoms with van der Waals surface area (Å²) in [7, 11) is 0. The van der Waals surface area contributed by atoms with Crippen molar-refractivity contribution in [3.8, 4) is 6.07 Å². The first-order valence-corrected chi connectivity index (χ1v) is 6.95. The van der Waals surface area contributed by atoms with E-state index in [0.717, 1.165) is 36.9 Å². The van der Waals surface area contributed by atoms with Crippen LogP contribution in [0.15, 0.2) is 6.07 Å². The Kier molecular flexibility index (Phi) is 4.23. The molecule has 0 spiro atoms. The van der Waals surface area contributed by atoms with E-state index in [2.05, 4.69) is 16.4 Å². The first-order chi connectivity index (χ1) is 9.52. The van der Waals surface area contributed by atoms with Crippen molar-refractivity contribution >= 4 is 11.8 Å². The molecule has 5 heteroatoms. The van der Waals surface area contributed by atoms with Gasteiger partial charge in [-0.3, -0.25) is 4.79 Å². The number of hydrogen-bond acceptors (Lipinski definition) is 4. The van der Waals surface area contributed by atoms with E-state index in [9.17, 15) is 10.1 Å². The van der Waals surface area contributed by atoms with Crippen LogP contribution in [-0.4, -0.2) is 22.1 Å². The second kappa shape index (κ2) is 5.91. The highest BCUT2D eigenvalue weighted by Crippen LogP contribution is 2.25. The van der Waals surface area contributed by atoms with E-state index in [1.54, 1.807) is 13.8 Å². The number of nitrogens with one attached hydrogen (secondary N) is 1. The third kappa shape index (κ3) is 2.90. The van der Waals surface area contributed by atoms with Gasteiger partial charge >= 0.3 is 5.97 Å². The van der Waals surface area contributed by atoms with Crippen LogP contribution in [0.5, 0.6) is 0 Å². The van der Waals surface area contributed by atoms with E-state index in [1.165, 1.54) is 0 Å². The molecule has 0 radical (unpaired) electrons. The summed E-state index contributed by atoms with van der Waals surface area (Å²) in [4.78, 5) is 15.5. The predicted molar refractivity (Wildman–Crippen MR) is 75.5 cm³/mol. The normalized spacial score (nSPS) is 16.6. The molecule has 20 heavy (non-hydrogen) atoms. The molecule has 1 heterocycles. The third-order valence-electron chi connectivity index (χ3n) is 3.93. The fourth-order valence-electron chi connectivity index (χ4n) is 2.38. The summed E-state index contributed by atoms with van der Waals surface area (Å²) in [5, 5.41) is 21.3. The van der Waals surface area contributed by atoms with Gasteiger partial charge in [0.2, 0.25) is 0 Å². The molecular formula is C15H19N3O2. The summed E-state index contributed by atoms with van der Waals surface area (Å²) < 4.78 is 0. The van der Waals surface area contributed by atoms with Gasteiger partial charge in [0.15, 0.2) is 0 Å². The second-order valence-corrected chi connectivity index (χ2v) is 5.37. The molecule has 2 N–H and O–H groups in total. The van der Waals surface area contributed by atoms with Crippen LogP contribution in [0.25, 0.3) is 0 Å². The van der Waals surface area contributed by atoms with E-state index >= 15 is 0 Å². The minimum atomic E-state index is -0.860. The van der Waals surface area contributed by atoms with E-state index in [1.807, 2.05) is 6.07 Å². The smallest absolute Gasteiger partial charge is 0.308 e. The number of carboxylic acid groups (broad SMARTS) is 1. The molecule has 1 aliphatic carbocycles. The van der Waals surface area contributed by atoms with Crippen LogP contribution in [0.4, 0.5) is 5.82 Å². The highest BCUT2D eigenvalue weighted by Gasteiger charge is 2.22. The fraction of sp³-hybridized carbons (Fsp3) is 0.533. The van der Waals surface area contributed by atoms with Crippen LogP contribution >= 0.6 is 0 Å². The lowest BCUT2D eigenvalue weighted by Gasteiger charge is -2.22. The van der Waals surface area contributed by atoms with Gasteiger partial charge in [-0.15, -0.1) is 0 Å². The van der Waals surface area contributed by atoms with Crippen LogP contribution in [0.1, 0.15) is 43.5 Å². The molecule has 0 saturated heterocycles. The Hall–Kier alpha value is -2.09. The van der Waals surface area contributed by atoms with Gasteiger partial charge in [0.25, 0.3) is 0 Å². The maximum absolute atomic E-state index is 11.0. The zero-order chi connectivity index (χ0) is 14.7. The fourth-order valence-corrected chi connectivity index (χ4v) is 2.38. The number of carbonyl (C=O) groups is 1. The third-order valence-corrected chi connectivity index (χ3v) is 3.93. The number of aromatic nitrogens is 1. The number of aryl methyl sites for hydroxylation is 2. The van der Waals surface area contributed by atoms with E-state index in [-0.39, 0.29) is 6.04 Å². The van der Waals surface area contributed by atoms with Crippen molar-refractivity contribution in [2.24, 2.45) is 5.92 Å². The lowest BCUT2D eigenvalue weighted by molar-refractivity contribution is -0.141. The van der Waals surface area contributed by atoms with E-state index in [4.69, 9.17) is 5.11 Å². The molecule has 0 bridgehead atoms. The Balaban J connectivity index is 2.27. The number of carboxylic acids is 1. The van der Waals surface area contributed by atoms with Gasteiger partial charge in [0.05, 0.1) is 11.5 Å². The number of nitriles is 1. The van der Waals surface area contributed by atoms with Crippen molar-refractivity contribution in [1.82, 2.24) is 4.98 Å². The van der Waals surface area contributed by atoms with Crippen LogP contribution < -0.4 is 5.32 Å². The molecule has 1 aromatic rings. The zero-order valence-corrected chi connectivity index (χ0v) is 11.8. The molecule has 0 aliphatic heterocycles. The molecule has 0 saturated carbocycles. The summed E-state index contributed by atoms with van der Waals surface area (Å²) in [6, 6.07) is 3.75. The van der Waals surface area contributed by atoms with Gasteiger partial charge in [-0.25, -0.2) is 4.98 Å². The number of fused-ring (bicyclic) bond motifs is 1. The largest absolute Gasteiger partial charge is 0.481 e. The minimum absolute atomic E-state index is 0.284. The molecule has 2 unspecified atom stereocenters. The Bertz CT molecular complexity index is 563. The van der Waals surface area contributed by atoms with Crippen LogP contribution in [0.2, 0.25) is 0 Å². The standard InChI is InChI=1S/C15H19N3O2/c1-9(15(19)20)10(2)17-14-12(8-16)7-11-5-3-4-6-13(11)18-14/h7,9-10H,3-6H2,1-2H3,(H,17,18)(H,19,20). The summed E-state index contributed by atoms with van der Waals surface area (Å²) >= 11 is 0. The maximum Gasteiger partial charge on any atom is 0.308 e.